The fraction of sp³-hybridized carbons (Fsp3) is 0.269. The first-order chi connectivity index (χ1) is 21.4. The molecule has 3 aromatic rings. The Balaban J connectivity index is 2.49. The number of rotatable bonds is 9. The summed E-state index contributed by atoms with van der Waals surface area (Å²) in [4.78, 5) is 18.1. The highest BCUT2D eigenvalue weighted by Crippen LogP contribution is 2.34. The predicted molar refractivity (Wildman–Crippen MR) is 128 cm³/mol. The zero-order chi connectivity index (χ0) is 36.1. The molecule has 7 heteroatoms. The maximum Gasteiger partial charge on any atom is 0.159 e. The van der Waals surface area contributed by atoms with Crippen LogP contribution in [-0.4, -0.2) is 42.8 Å². The molecule has 3 rings (SSSR count). The Morgan fingerprint density at radius 2 is 2.27 bits per heavy atom. The second-order valence-corrected chi connectivity index (χ2v) is 6.80. The molecule has 1 aromatic heterocycles. The van der Waals surface area contributed by atoms with Gasteiger partial charge in [-0.1, -0.05) is 6.08 Å². The molecule has 1 N–H and O–H groups in total. The highest BCUT2D eigenvalue weighted by atomic mass is 19.1. The van der Waals surface area contributed by atoms with Crippen LogP contribution in [0.5, 0.6) is 5.75 Å². The van der Waals surface area contributed by atoms with E-state index in [4.69, 9.17) is 23.9 Å². The molecular formula is C26H27FN4O2. The standard InChI is InChI=1S/C26H27FN4O2/c1-5-33-25-14-24-22(13-18(25)12-21(32)7-6-10-31(3)4)26(19(15-28)16-29-24)30-20-8-9-23(27)17(2)11-20/h6-9,11,13-14,16H,5,10,12H2,1-4H3,(H,29,30)/b7-6+/i1D3,5D2,7D,8D,9D,10D2,11D,13D,14D,16D. The lowest BCUT2D eigenvalue weighted by Gasteiger charge is -2.15. The van der Waals surface area contributed by atoms with Gasteiger partial charge in [-0.15, -0.1) is 0 Å². The summed E-state index contributed by atoms with van der Waals surface area (Å²) in [5.41, 5.74) is -3.33. The average Bonchev–Trinajstić information content (AvgIpc) is 2.96. The Bertz CT molecular complexity index is 1840. The normalized spacial score (nSPS) is 18.8. The zero-order valence-corrected chi connectivity index (χ0v) is 17.8. The van der Waals surface area contributed by atoms with Crippen molar-refractivity contribution in [1.82, 2.24) is 9.88 Å². The van der Waals surface area contributed by atoms with Gasteiger partial charge >= 0.3 is 0 Å². The molecule has 0 unspecified atom stereocenters. The number of likely N-dealkylation sites (N-methyl/N-ethyl adjacent to an activating group) is 1. The van der Waals surface area contributed by atoms with E-state index in [0.29, 0.717) is 6.08 Å². The Kier molecular flexibility index (Phi) is 3.70. The van der Waals surface area contributed by atoms with Gasteiger partial charge in [0, 0.05) is 48.6 Å². The number of ketones is 1. The topological polar surface area (TPSA) is 78.2 Å². The zero-order valence-electron chi connectivity index (χ0n) is 31.8. The largest absolute Gasteiger partial charge is 0.494 e. The van der Waals surface area contributed by atoms with Crippen molar-refractivity contribution in [3.05, 3.63) is 71.0 Å². The SMILES string of the molecule is [2H]/C(=C\C([2H])([2H])N(C)C)C(=O)Cc1c(OC([2H])([2H])C([2H])([2H])[2H])c([2H])c2nc([2H])c(C#N)c(Nc3c([2H])c([2H])c(F)c(C)c3[2H])c2c1[2H]. The Labute approximate surface area is 213 Å². The lowest BCUT2D eigenvalue weighted by molar-refractivity contribution is -0.114. The molecule has 1 heterocycles. The molecule has 0 aliphatic rings. The quantitative estimate of drug-likeness (QED) is 0.457. The van der Waals surface area contributed by atoms with Crippen molar-refractivity contribution in [2.75, 3.05) is 32.5 Å². The van der Waals surface area contributed by atoms with Crippen LogP contribution in [0.2, 0.25) is 0 Å². The van der Waals surface area contributed by atoms with Gasteiger partial charge in [0.15, 0.2) is 5.78 Å². The highest BCUT2D eigenvalue weighted by Gasteiger charge is 2.16. The number of allylic oxidation sites excluding steroid dienone is 1. The first-order valence-electron chi connectivity index (χ1n) is 16.4. The van der Waals surface area contributed by atoms with Gasteiger partial charge in [-0.05, 0) is 63.7 Å². The number of ether oxygens (including phenoxy) is 1. The average molecular weight is 461 g/mol. The molecule has 0 saturated carbocycles. The summed E-state index contributed by atoms with van der Waals surface area (Å²) in [5.74, 6) is -3.31. The molecule has 0 bridgehead atoms. The monoisotopic (exact) mass is 460 g/mol. The van der Waals surface area contributed by atoms with Crippen molar-refractivity contribution >= 4 is 28.1 Å². The highest BCUT2D eigenvalue weighted by molar-refractivity contribution is 5.98. The number of anilines is 2. The summed E-state index contributed by atoms with van der Waals surface area (Å²) in [7, 11) is 2.67. The lowest BCUT2D eigenvalue weighted by atomic mass is 10.0. The third kappa shape index (κ3) is 5.93. The van der Waals surface area contributed by atoms with E-state index in [0.717, 1.165) is 11.8 Å². The van der Waals surface area contributed by atoms with E-state index in [1.54, 1.807) is 6.07 Å². The van der Waals surface area contributed by atoms with Gasteiger partial charge in [-0.3, -0.25) is 9.78 Å². The van der Waals surface area contributed by atoms with Crippen molar-refractivity contribution in [3.8, 4) is 11.8 Å². The molecule has 33 heavy (non-hydrogen) atoms. The number of aromatic nitrogens is 1. The first-order valence-corrected chi connectivity index (χ1v) is 9.37. The van der Waals surface area contributed by atoms with Crippen LogP contribution in [0.4, 0.5) is 15.8 Å². The van der Waals surface area contributed by atoms with Gasteiger partial charge in [-0.25, -0.2) is 4.39 Å². The van der Waals surface area contributed by atoms with Crippen molar-refractivity contribution in [1.29, 1.82) is 5.26 Å². The summed E-state index contributed by atoms with van der Waals surface area (Å²) in [6, 6.07) is -3.39. The number of nitrogens with one attached hydrogen (secondary N) is 1. The molecule has 0 fully saturated rings. The lowest BCUT2D eigenvalue weighted by Crippen LogP contribution is -2.11. The predicted octanol–water partition coefficient (Wildman–Crippen LogP) is 4.93. The summed E-state index contributed by atoms with van der Waals surface area (Å²) in [5, 5.41) is 11.9. The number of benzene rings is 2. The minimum absolute atomic E-state index is 0.357. The van der Waals surface area contributed by atoms with Crippen LogP contribution >= 0.6 is 0 Å². The molecule has 0 atom stereocenters. The van der Waals surface area contributed by atoms with Gasteiger partial charge in [0.25, 0.3) is 0 Å². The second kappa shape index (κ2) is 10.7. The van der Waals surface area contributed by atoms with Crippen LogP contribution in [0.25, 0.3) is 10.9 Å². The number of pyridine rings is 1. The maximum atomic E-state index is 14.4. The fourth-order valence-corrected chi connectivity index (χ4v) is 2.66. The summed E-state index contributed by atoms with van der Waals surface area (Å²) >= 11 is 0. The van der Waals surface area contributed by atoms with Gasteiger partial charge in [0.05, 0.1) is 35.7 Å². The van der Waals surface area contributed by atoms with Gasteiger partial charge in [0.1, 0.15) is 17.6 Å². The van der Waals surface area contributed by atoms with Crippen molar-refractivity contribution < 1.29 is 33.1 Å². The van der Waals surface area contributed by atoms with Gasteiger partial charge < -0.3 is 15.0 Å². The number of hydrogen-bond acceptors (Lipinski definition) is 6. The number of fused-ring (bicyclic) bond motifs is 1. The molecule has 0 amide bonds. The van der Waals surface area contributed by atoms with E-state index in [9.17, 15) is 14.4 Å². The Morgan fingerprint density at radius 1 is 1.45 bits per heavy atom. The number of carbonyl (C=O) groups is 1. The summed E-state index contributed by atoms with van der Waals surface area (Å²) in [6.07, 6.45) is -1.22. The van der Waals surface area contributed by atoms with Crippen molar-refractivity contribution in [2.24, 2.45) is 0 Å². The number of nitrogens with zero attached hydrogens (tertiary/aromatic N) is 3. The number of halogens is 1. The van der Waals surface area contributed by atoms with Crippen molar-refractivity contribution in [2.45, 2.75) is 20.2 Å². The van der Waals surface area contributed by atoms with E-state index in [1.165, 1.54) is 14.1 Å². The van der Waals surface area contributed by atoms with Gasteiger partial charge in [-0.2, -0.15) is 5.26 Å². The van der Waals surface area contributed by atoms with E-state index >= 15 is 0 Å². The van der Waals surface area contributed by atoms with Crippen LogP contribution in [0.3, 0.4) is 0 Å². The van der Waals surface area contributed by atoms with E-state index in [1.807, 2.05) is 0 Å². The molecule has 0 aliphatic carbocycles. The summed E-state index contributed by atoms with van der Waals surface area (Å²) in [6.45, 7) is -8.12. The first kappa shape index (κ1) is 11.4. The Hall–Kier alpha value is -3.76. The smallest absolute Gasteiger partial charge is 0.159 e. The minimum Gasteiger partial charge on any atom is -0.494 e. The molecule has 0 radical (unpaired) electrons. The van der Waals surface area contributed by atoms with E-state index in [2.05, 4.69) is 10.3 Å². The van der Waals surface area contributed by atoms with Crippen LogP contribution < -0.4 is 10.1 Å². The third-order valence-electron chi connectivity index (χ3n) is 4.15. The van der Waals surface area contributed by atoms with Gasteiger partial charge in [0.2, 0.25) is 0 Å². The van der Waals surface area contributed by atoms with E-state index < -0.39 is 120 Å². The molecule has 0 aliphatic heterocycles. The Morgan fingerprint density at radius 3 is 3.00 bits per heavy atom. The molecule has 2 aromatic carbocycles. The molecule has 6 nitrogen and oxygen atoms in total. The van der Waals surface area contributed by atoms with Crippen LogP contribution in [-0.2, 0) is 11.2 Å². The molecule has 0 spiro atoms. The minimum atomic E-state index is -3.52. The van der Waals surface area contributed by atoms with Crippen LogP contribution in [0, 0.1) is 24.1 Å². The molecule has 170 valence electrons. The number of hydrogen-bond donors (Lipinski definition) is 1. The number of carbonyl (C=O) groups excluding carboxylic acids is 1. The number of nitriles is 1. The summed E-state index contributed by atoms with van der Waals surface area (Å²) < 4.78 is 133. The molecular weight excluding hydrogens is 419 g/mol. The fourth-order valence-electron chi connectivity index (χ4n) is 2.66. The van der Waals surface area contributed by atoms with Crippen LogP contribution in [0.1, 0.15) is 42.7 Å². The van der Waals surface area contributed by atoms with Crippen LogP contribution in [0.15, 0.2) is 48.5 Å². The maximum absolute atomic E-state index is 14.4. The third-order valence-corrected chi connectivity index (χ3v) is 4.15. The molecule has 0 saturated heterocycles. The second-order valence-electron chi connectivity index (χ2n) is 6.80. The van der Waals surface area contributed by atoms with E-state index in [-0.39, 0.29) is 5.56 Å². The van der Waals surface area contributed by atoms with Crippen molar-refractivity contribution in [3.63, 3.8) is 0 Å².